The summed E-state index contributed by atoms with van der Waals surface area (Å²) in [6, 6.07) is 8.65. The quantitative estimate of drug-likeness (QED) is 0.821. The van der Waals surface area contributed by atoms with E-state index in [0.29, 0.717) is 12.6 Å². The van der Waals surface area contributed by atoms with Crippen LogP contribution >= 0.6 is 0 Å². The van der Waals surface area contributed by atoms with E-state index in [2.05, 4.69) is 24.0 Å². The topological polar surface area (TPSA) is 38.5 Å². The smallest absolute Gasteiger partial charge is 0.118 e. The van der Waals surface area contributed by atoms with Crippen molar-refractivity contribution in [2.75, 3.05) is 26.7 Å². The van der Waals surface area contributed by atoms with Crippen LogP contribution in [0.15, 0.2) is 24.3 Å². The van der Waals surface area contributed by atoms with Crippen molar-refractivity contribution in [2.45, 2.75) is 32.2 Å². The van der Waals surface area contributed by atoms with E-state index in [1.165, 1.54) is 31.4 Å². The lowest BCUT2D eigenvalue weighted by Crippen LogP contribution is -2.38. The molecule has 0 heterocycles. The number of ether oxygens (including phenoxy) is 1. The van der Waals surface area contributed by atoms with Crippen LogP contribution in [0.3, 0.4) is 0 Å². The summed E-state index contributed by atoms with van der Waals surface area (Å²) in [5.41, 5.74) is 7.31. The molecule has 1 atom stereocenters. The second-order valence-corrected chi connectivity index (χ2v) is 5.41. The minimum absolute atomic E-state index is 0.330. The predicted octanol–water partition coefficient (Wildman–Crippen LogP) is 2.82. The van der Waals surface area contributed by atoms with E-state index in [4.69, 9.17) is 10.5 Å². The molecular formula is C16H26N2O. The molecule has 0 spiro atoms. The van der Waals surface area contributed by atoms with Gasteiger partial charge in [-0.05, 0) is 43.0 Å². The summed E-state index contributed by atoms with van der Waals surface area (Å²) in [5, 5.41) is 0. The Morgan fingerprint density at radius 1 is 1.32 bits per heavy atom. The van der Waals surface area contributed by atoms with Crippen LogP contribution in [0.25, 0.3) is 0 Å². The highest BCUT2D eigenvalue weighted by Crippen LogP contribution is 2.30. The third kappa shape index (κ3) is 3.48. The molecule has 1 fully saturated rings. The zero-order valence-electron chi connectivity index (χ0n) is 12.1. The van der Waals surface area contributed by atoms with Crippen LogP contribution in [0.1, 0.15) is 37.8 Å². The minimum Gasteiger partial charge on any atom is -0.497 e. The molecule has 2 N–H and O–H groups in total. The SMILES string of the molecule is CCN(CC1CCC1)C(CN)c1ccc(OC)cc1. The second-order valence-electron chi connectivity index (χ2n) is 5.41. The van der Waals surface area contributed by atoms with Gasteiger partial charge in [0.2, 0.25) is 0 Å². The van der Waals surface area contributed by atoms with Crippen molar-refractivity contribution in [2.24, 2.45) is 11.7 Å². The summed E-state index contributed by atoms with van der Waals surface area (Å²) in [6.07, 6.45) is 4.17. The number of rotatable bonds is 7. The fourth-order valence-electron chi connectivity index (χ4n) is 2.81. The van der Waals surface area contributed by atoms with Gasteiger partial charge in [-0.25, -0.2) is 0 Å². The zero-order chi connectivity index (χ0) is 13.7. The Hall–Kier alpha value is -1.06. The van der Waals surface area contributed by atoms with E-state index < -0.39 is 0 Å². The molecule has 19 heavy (non-hydrogen) atoms. The lowest BCUT2D eigenvalue weighted by molar-refractivity contribution is 0.141. The van der Waals surface area contributed by atoms with Gasteiger partial charge in [-0.3, -0.25) is 4.90 Å². The molecule has 0 bridgehead atoms. The van der Waals surface area contributed by atoms with Crippen molar-refractivity contribution in [1.82, 2.24) is 4.90 Å². The summed E-state index contributed by atoms with van der Waals surface area (Å²) >= 11 is 0. The van der Waals surface area contributed by atoms with Gasteiger partial charge in [0, 0.05) is 19.1 Å². The molecule has 1 aliphatic rings. The fraction of sp³-hybridized carbons (Fsp3) is 0.625. The van der Waals surface area contributed by atoms with E-state index in [1.807, 2.05) is 12.1 Å². The minimum atomic E-state index is 0.330. The maximum atomic E-state index is 6.01. The number of hydrogen-bond donors (Lipinski definition) is 1. The molecule has 0 radical (unpaired) electrons. The van der Waals surface area contributed by atoms with Crippen LogP contribution in [0.5, 0.6) is 5.75 Å². The molecule has 1 aromatic rings. The Labute approximate surface area is 116 Å². The fourth-order valence-corrected chi connectivity index (χ4v) is 2.81. The monoisotopic (exact) mass is 262 g/mol. The highest BCUT2D eigenvalue weighted by atomic mass is 16.5. The first-order valence-corrected chi connectivity index (χ1v) is 7.36. The molecule has 2 rings (SSSR count). The second kappa shape index (κ2) is 6.92. The number of hydrogen-bond acceptors (Lipinski definition) is 3. The van der Waals surface area contributed by atoms with Crippen LogP contribution in [0, 0.1) is 5.92 Å². The molecule has 106 valence electrons. The van der Waals surface area contributed by atoms with E-state index in [0.717, 1.165) is 18.2 Å². The molecule has 1 unspecified atom stereocenters. The van der Waals surface area contributed by atoms with Crippen molar-refractivity contribution in [3.05, 3.63) is 29.8 Å². The van der Waals surface area contributed by atoms with Gasteiger partial charge in [0.05, 0.1) is 7.11 Å². The van der Waals surface area contributed by atoms with E-state index in [-0.39, 0.29) is 0 Å². The molecular weight excluding hydrogens is 236 g/mol. The van der Waals surface area contributed by atoms with E-state index in [9.17, 15) is 0 Å². The molecule has 0 amide bonds. The Morgan fingerprint density at radius 2 is 2.00 bits per heavy atom. The molecule has 1 aliphatic carbocycles. The van der Waals surface area contributed by atoms with Gasteiger partial charge in [0.1, 0.15) is 5.75 Å². The lowest BCUT2D eigenvalue weighted by Gasteiger charge is -2.36. The number of benzene rings is 1. The van der Waals surface area contributed by atoms with Crippen LogP contribution in [-0.4, -0.2) is 31.6 Å². The predicted molar refractivity (Wildman–Crippen MR) is 79.4 cm³/mol. The van der Waals surface area contributed by atoms with Crippen LogP contribution < -0.4 is 10.5 Å². The van der Waals surface area contributed by atoms with E-state index in [1.54, 1.807) is 7.11 Å². The van der Waals surface area contributed by atoms with Crippen molar-refractivity contribution >= 4 is 0 Å². The standard InChI is InChI=1S/C16H26N2O/c1-3-18(12-13-5-4-6-13)16(11-17)14-7-9-15(19-2)10-8-14/h7-10,13,16H,3-6,11-12,17H2,1-2H3. The molecule has 0 saturated heterocycles. The highest BCUT2D eigenvalue weighted by Gasteiger charge is 2.24. The van der Waals surface area contributed by atoms with Crippen molar-refractivity contribution in [1.29, 1.82) is 0 Å². The van der Waals surface area contributed by atoms with Gasteiger partial charge in [0.15, 0.2) is 0 Å². The summed E-state index contributed by atoms with van der Waals surface area (Å²) in [6.45, 7) is 5.15. The summed E-state index contributed by atoms with van der Waals surface area (Å²) in [7, 11) is 1.70. The number of nitrogens with two attached hydrogens (primary N) is 1. The van der Waals surface area contributed by atoms with Gasteiger partial charge in [0.25, 0.3) is 0 Å². The zero-order valence-corrected chi connectivity index (χ0v) is 12.1. The molecule has 3 heteroatoms. The maximum Gasteiger partial charge on any atom is 0.118 e. The Balaban J connectivity index is 2.06. The number of methoxy groups -OCH3 is 1. The summed E-state index contributed by atoms with van der Waals surface area (Å²) in [4.78, 5) is 2.52. The normalized spacial score (nSPS) is 17.3. The van der Waals surface area contributed by atoms with Gasteiger partial charge in [-0.15, -0.1) is 0 Å². The molecule has 3 nitrogen and oxygen atoms in total. The number of nitrogens with zero attached hydrogens (tertiary/aromatic N) is 1. The summed E-state index contributed by atoms with van der Waals surface area (Å²) in [5.74, 6) is 1.79. The first-order chi connectivity index (χ1) is 9.28. The maximum absolute atomic E-state index is 6.01. The van der Waals surface area contributed by atoms with Crippen molar-refractivity contribution in [3.8, 4) is 5.75 Å². The summed E-state index contributed by atoms with van der Waals surface area (Å²) < 4.78 is 5.22. The third-order valence-electron chi connectivity index (χ3n) is 4.29. The van der Waals surface area contributed by atoms with Gasteiger partial charge >= 0.3 is 0 Å². The van der Waals surface area contributed by atoms with Crippen molar-refractivity contribution in [3.63, 3.8) is 0 Å². The highest BCUT2D eigenvalue weighted by molar-refractivity contribution is 5.29. The number of likely N-dealkylation sites (N-methyl/N-ethyl adjacent to an activating group) is 1. The van der Waals surface area contributed by atoms with Crippen molar-refractivity contribution < 1.29 is 4.74 Å². The Morgan fingerprint density at radius 3 is 2.42 bits per heavy atom. The van der Waals surface area contributed by atoms with Gasteiger partial charge in [-0.2, -0.15) is 0 Å². The molecule has 1 saturated carbocycles. The average molecular weight is 262 g/mol. The Kier molecular flexibility index (Phi) is 5.23. The van der Waals surface area contributed by atoms with Crippen LogP contribution in [0.2, 0.25) is 0 Å². The first-order valence-electron chi connectivity index (χ1n) is 7.36. The lowest BCUT2D eigenvalue weighted by atomic mass is 9.84. The third-order valence-corrected chi connectivity index (χ3v) is 4.29. The van der Waals surface area contributed by atoms with Crippen LogP contribution in [-0.2, 0) is 0 Å². The largest absolute Gasteiger partial charge is 0.497 e. The average Bonchev–Trinajstić information content (AvgIpc) is 2.41. The molecule has 1 aromatic carbocycles. The molecule has 0 aliphatic heterocycles. The van der Waals surface area contributed by atoms with E-state index >= 15 is 0 Å². The molecule has 0 aromatic heterocycles. The van der Waals surface area contributed by atoms with Gasteiger partial charge in [-0.1, -0.05) is 25.5 Å². The Bertz CT molecular complexity index is 373. The first kappa shape index (κ1) is 14.4. The van der Waals surface area contributed by atoms with Gasteiger partial charge < -0.3 is 10.5 Å². The van der Waals surface area contributed by atoms with Crippen LogP contribution in [0.4, 0.5) is 0 Å².